The van der Waals surface area contributed by atoms with Gasteiger partial charge in [0.25, 0.3) is 0 Å². The Morgan fingerprint density at radius 2 is 1.68 bits per heavy atom. The van der Waals surface area contributed by atoms with E-state index in [4.69, 9.17) is 4.74 Å². The predicted octanol–water partition coefficient (Wildman–Crippen LogP) is 4.98. The highest BCUT2D eigenvalue weighted by atomic mass is 19.4. The van der Waals surface area contributed by atoms with Gasteiger partial charge in [-0.25, -0.2) is 9.59 Å². The third-order valence-corrected chi connectivity index (χ3v) is 5.74. The fraction of sp³-hybridized carbons (Fsp3) is 0.385. The van der Waals surface area contributed by atoms with Crippen LogP contribution in [0.1, 0.15) is 26.3 Å². The number of nitrogens with zero attached hydrogens (tertiary/aromatic N) is 5. The molecule has 0 bridgehead atoms. The van der Waals surface area contributed by atoms with Crippen molar-refractivity contribution in [3.63, 3.8) is 0 Å². The molecule has 1 saturated heterocycles. The minimum absolute atomic E-state index is 0.246. The number of alkyl halides is 3. The zero-order chi connectivity index (χ0) is 27.5. The quantitative estimate of drug-likeness (QED) is 0.472. The van der Waals surface area contributed by atoms with Crippen molar-refractivity contribution in [3.05, 3.63) is 66.4 Å². The molecule has 0 unspecified atom stereocenters. The van der Waals surface area contributed by atoms with E-state index < -0.39 is 24.1 Å². The summed E-state index contributed by atoms with van der Waals surface area (Å²) in [5.41, 5.74) is 1.13. The Bertz CT molecular complexity index is 1260. The Morgan fingerprint density at radius 3 is 2.32 bits per heavy atom. The molecule has 202 valence electrons. The lowest BCUT2D eigenvalue weighted by atomic mass is 10.0. The normalized spacial score (nSPS) is 16.3. The number of halogens is 3. The molecule has 4 rings (SSSR count). The van der Waals surface area contributed by atoms with E-state index in [1.807, 2.05) is 30.3 Å². The van der Waals surface area contributed by atoms with Crippen LogP contribution in [-0.4, -0.2) is 74.6 Å². The summed E-state index contributed by atoms with van der Waals surface area (Å²) in [5, 5.41) is 8.34. The van der Waals surface area contributed by atoms with Crippen LogP contribution in [0.3, 0.4) is 0 Å². The average molecular weight is 532 g/mol. The molecule has 1 aromatic heterocycles. The number of amides is 2. The summed E-state index contributed by atoms with van der Waals surface area (Å²) in [6.45, 7) is 6.18. The Balaban J connectivity index is 1.51. The number of piperazine rings is 1. The second-order valence-electron chi connectivity index (χ2n) is 9.84. The molecular formula is C26H28F3N5O4. The van der Waals surface area contributed by atoms with Gasteiger partial charge in [0.15, 0.2) is 0 Å². The lowest BCUT2D eigenvalue weighted by Gasteiger charge is -2.41. The van der Waals surface area contributed by atoms with E-state index in [-0.39, 0.29) is 31.4 Å². The average Bonchev–Trinajstić information content (AvgIpc) is 3.33. The van der Waals surface area contributed by atoms with Crippen molar-refractivity contribution in [1.29, 1.82) is 0 Å². The maximum Gasteiger partial charge on any atom is 0.573 e. The highest BCUT2D eigenvalue weighted by molar-refractivity contribution is 5.77. The first-order chi connectivity index (χ1) is 17.9. The Kier molecular flexibility index (Phi) is 7.61. The zero-order valence-electron chi connectivity index (χ0n) is 21.2. The predicted molar refractivity (Wildman–Crippen MR) is 131 cm³/mol. The van der Waals surface area contributed by atoms with Gasteiger partial charge in [-0.1, -0.05) is 35.1 Å². The van der Waals surface area contributed by atoms with Gasteiger partial charge in [-0.05, 0) is 57.0 Å². The van der Waals surface area contributed by atoms with Crippen LogP contribution in [0, 0.1) is 0 Å². The summed E-state index contributed by atoms with van der Waals surface area (Å²) >= 11 is 0. The SMILES string of the molecule is CC(C)(C)OC(=O)N1CCN(C(=O)n2ncc(-c3ccc(OC(F)(F)F)cc3)n2)[C@@H](Cc2ccccc2)C1. The van der Waals surface area contributed by atoms with E-state index in [2.05, 4.69) is 14.9 Å². The summed E-state index contributed by atoms with van der Waals surface area (Å²) < 4.78 is 46.7. The number of rotatable bonds is 4. The molecule has 1 fully saturated rings. The van der Waals surface area contributed by atoms with Crippen LogP contribution < -0.4 is 4.74 Å². The molecule has 0 spiro atoms. The maximum absolute atomic E-state index is 13.4. The van der Waals surface area contributed by atoms with Gasteiger partial charge in [-0.3, -0.25) is 0 Å². The zero-order valence-corrected chi connectivity index (χ0v) is 21.2. The van der Waals surface area contributed by atoms with Crippen molar-refractivity contribution >= 4 is 12.1 Å². The highest BCUT2D eigenvalue weighted by Gasteiger charge is 2.36. The number of hydrogen-bond donors (Lipinski definition) is 0. The standard InChI is InChI=1S/C26H28F3N5O4/c1-25(2,3)38-24(36)32-13-14-33(20(17-32)15-18-7-5-4-6-8-18)23(35)34-30-16-22(31-34)19-9-11-21(12-10-19)37-26(27,28)29/h4-12,16,20H,13-15,17H2,1-3H3/t20-/m0/s1. The molecule has 0 radical (unpaired) electrons. The van der Waals surface area contributed by atoms with Crippen LogP contribution in [0.25, 0.3) is 11.3 Å². The van der Waals surface area contributed by atoms with Gasteiger partial charge in [0.2, 0.25) is 0 Å². The fourth-order valence-electron chi connectivity index (χ4n) is 4.09. The van der Waals surface area contributed by atoms with E-state index in [0.29, 0.717) is 17.7 Å². The molecule has 12 heteroatoms. The number of ether oxygens (including phenoxy) is 2. The summed E-state index contributed by atoms with van der Waals surface area (Å²) in [7, 11) is 0. The molecule has 38 heavy (non-hydrogen) atoms. The second kappa shape index (κ2) is 10.7. The van der Waals surface area contributed by atoms with Crippen LogP contribution in [0.15, 0.2) is 60.8 Å². The van der Waals surface area contributed by atoms with Gasteiger partial charge in [0.1, 0.15) is 17.0 Å². The van der Waals surface area contributed by atoms with Crippen molar-refractivity contribution in [2.24, 2.45) is 0 Å². The van der Waals surface area contributed by atoms with E-state index in [1.165, 1.54) is 18.3 Å². The van der Waals surface area contributed by atoms with Gasteiger partial charge in [0.05, 0.1) is 12.2 Å². The second-order valence-corrected chi connectivity index (χ2v) is 9.84. The van der Waals surface area contributed by atoms with Crippen molar-refractivity contribution in [2.45, 2.75) is 45.2 Å². The monoisotopic (exact) mass is 531 g/mol. The van der Waals surface area contributed by atoms with Crippen LogP contribution in [-0.2, 0) is 11.2 Å². The van der Waals surface area contributed by atoms with E-state index in [1.54, 1.807) is 30.6 Å². The molecule has 1 atom stereocenters. The molecule has 0 aliphatic carbocycles. The largest absolute Gasteiger partial charge is 0.573 e. The fourth-order valence-corrected chi connectivity index (χ4v) is 4.09. The van der Waals surface area contributed by atoms with Crippen LogP contribution >= 0.6 is 0 Å². The Hall–Kier alpha value is -4.09. The van der Waals surface area contributed by atoms with Gasteiger partial charge in [-0.2, -0.15) is 5.10 Å². The van der Waals surface area contributed by atoms with Crippen LogP contribution in [0.4, 0.5) is 22.8 Å². The number of aromatic nitrogens is 3. The van der Waals surface area contributed by atoms with Crippen molar-refractivity contribution in [3.8, 4) is 17.0 Å². The van der Waals surface area contributed by atoms with E-state index in [0.717, 1.165) is 22.5 Å². The number of hydrogen-bond acceptors (Lipinski definition) is 6. The molecule has 0 N–H and O–H groups in total. The lowest BCUT2D eigenvalue weighted by molar-refractivity contribution is -0.274. The van der Waals surface area contributed by atoms with Crippen molar-refractivity contribution in [2.75, 3.05) is 19.6 Å². The van der Waals surface area contributed by atoms with Crippen molar-refractivity contribution in [1.82, 2.24) is 24.8 Å². The van der Waals surface area contributed by atoms with Crippen LogP contribution in [0.5, 0.6) is 5.75 Å². The molecular weight excluding hydrogens is 503 g/mol. The van der Waals surface area contributed by atoms with E-state index in [9.17, 15) is 22.8 Å². The first kappa shape index (κ1) is 27.0. The van der Waals surface area contributed by atoms with Gasteiger partial charge in [0, 0.05) is 25.2 Å². The minimum atomic E-state index is -4.79. The topological polar surface area (TPSA) is 89.8 Å². The molecule has 0 saturated carbocycles. The third kappa shape index (κ3) is 7.02. The van der Waals surface area contributed by atoms with Gasteiger partial charge >= 0.3 is 18.5 Å². The molecule has 1 aliphatic rings. The summed E-state index contributed by atoms with van der Waals surface area (Å²) in [4.78, 5) is 30.3. The third-order valence-electron chi connectivity index (χ3n) is 5.74. The Labute approximate surface area is 217 Å². The molecule has 3 aromatic rings. The molecule has 1 aliphatic heterocycles. The molecule has 2 aromatic carbocycles. The van der Waals surface area contributed by atoms with Crippen molar-refractivity contribution < 1.29 is 32.2 Å². The van der Waals surface area contributed by atoms with Gasteiger partial charge < -0.3 is 19.3 Å². The summed E-state index contributed by atoms with van der Waals surface area (Å²) in [6, 6.07) is 13.9. The molecule has 2 heterocycles. The lowest BCUT2D eigenvalue weighted by Crippen LogP contribution is -2.58. The Morgan fingerprint density at radius 1 is 1.00 bits per heavy atom. The summed E-state index contributed by atoms with van der Waals surface area (Å²) in [5.74, 6) is -0.365. The molecule has 9 nitrogen and oxygen atoms in total. The number of carbonyl (C=O) groups excluding carboxylic acids is 2. The first-order valence-electron chi connectivity index (χ1n) is 12.0. The number of benzene rings is 2. The molecule has 2 amide bonds. The highest BCUT2D eigenvalue weighted by Crippen LogP contribution is 2.26. The summed E-state index contributed by atoms with van der Waals surface area (Å²) in [6.07, 6.45) is -3.37. The maximum atomic E-state index is 13.4. The van der Waals surface area contributed by atoms with E-state index >= 15 is 0 Å². The number of carbonyl (C=O) groups is 2. The minimum Gasteiger partial charge on any atom is -0.444 e. The van der Waals surface area contributed by atoms with Crippen LogP contribution in [0.2, 0.25) is 0 Å². The smallest absolute Gasteiger partial charge is 0.444 e. The van der Waals surface area contributed by atoms with Gasteiger partial charge in [-0.15, -0.1) is 18.3 Å². The first-order valence-corrected chi connectivity index (χ1v) is 12.0.